The monoisotopic (exact) mass is 396 g/mol. The predicted molar refractivity (Wildman–Crippen MR) is 135 cm³/mol. The maximum atomic E-state index is 4.62. The summed E-state index contributed by atoms with van der Waals surface area (Å²) in [5.41, 5.74) is 14.8. The molecule has 0 heterocycles. The average Bonchev–Trinajstić information content (AvgIpc) is 2.66. The van der Waals surface area contributed by atoms with E-state index < -0.39 is 0 Å². The molecule has 2 aromatic carbocycles. The Kier molecular flexibility index (Phi) is 6.66. The molecule has 30 heavy (non-hydrogen) atoms. The second kappa shape index (κ2) is 9.04. The Labute approximate surface area is 183 Å². The largest absolute Gasteiger partial charge is 0.0908 e. The molecular weight excluding hydrogens is 360 g/mol. The molecule has 0 heteroatoms. The highest BCUT2D eigenvalue weighted by molar-refractivity contribution is 5.95. The van der Waals surface area contributed by atoms with Crippen molar-refractivity contribution in [3.8, 4) is 0 Å². The fraction of sp³-hybridized carbons (Fsp3) is 0.333. The number of benzene rings is 2. The second-order valence-corrected chi connectivity index (χ2v) is 9.33. The molecule has 2 aromatic rings. The number of fused-ring (bicyclic) bond motifs is 1. The lowest BCUT2D eigenvalue weighted by Crippen LogP contribution is -2.11. The van der Waals surface area contributed by atoms with Gasteiger partial charge in [-0.05, 0) is 103 Å². The Morgan fingerprint density at radius 3 is 2.33 bits per heavy atom. The van der Waals surface area contributed by atoms with E-state index in [0.717, 1.165) is 12.8 Å². The van der Waals surface area contributed by atoms with Crippen LogP contribution in [0.15, 0.2) is 60.2 Å². The molecule has 156 valence electrons. The normalized spacial score (nSPS) is 13.9. The van der Waals surface area contributed by atoms with Gasteiger partial charge in [0.05, 0.1) is 0 Å². The van der Waals surface area contributed by atoms with Crippen LogP contribution in [0.4, 0.5) is 0 Å². The van der Waals surface area contributed by atoms with E-state index >= 15 is 0 Å². The van der Waals surface area contributed by atoms with E-state index in [-0.39, 0.29) is 0 Å². The lowest BCUT2D eigenvalue weighted by Gasteiger charge is -2.29. The Morgan fingerprint density at radius 2 is 1.73 bits per heavy atom. The van der Waals surface area contributed by atoms with Crippen LogP contribution in [0.2, 0.25) is 0 Å². The summed E-state index contributed by atoms with van der Waals surface area (Å²) in [6.45, 7) is 20.1. The first-order valence-electron chi connectivity index (χ1n) is 11.1. The molecular formula is C30H36. The summed E-state index contributed by atoms with van der Waals surface area (Å²) in [4.78, 5) is 0. The summed E-state index contributed by atoms with van der Waals surface area (Å²) < 4.78 is 0. The highest BCUT2D eigenvalue weighted by atomic mass is 14.3. The zero-order valence-electron chi connectivity index (χ0n) is 19.8. The number of rotatable bonds is 5. The molecule has 1 aliphatic rings. The van der Waals surface area contributed by atoms with Crippen LogP contribution in [0, 0.1) is 26.7 Å². The van der Waals surface area contributed by atoms with Gasteiger partial charge >= 0.3 is 0 Å². The van der Waals surface area contributed by atoms with Crippen molar-refractivity contribution in [3.63, 3.8) is 0 Å². The molecule has 0 aliphatic heterocycles. The van der Waals surface area contributed by atoms with E-state index in [9.17, 15) is 0 Å². The average molecular weight is 397 g/mol. The number of aryl methyl sites for hydroxylation is 2. The summed E-state index contributed by atoms with van der Waals surface area (Å²) in [6, 6.07) is 11.4. The predicted octanol–water partition coefficient (Wildman–Crippen LogP) is 8.66. The third kappa shape index (κ3) is 4.59. The van der Waals surface area contributed by atoms with Gasteiger partial charge in [-0.1, -0.05) is 80.1 Å². The molecule has 0 radical (unpaired) electrons. The van der Waals surface area contributed by atoms with Crippen molar-refractivity contribution in [2.24, 2.45) is 5.92 Å². The fourth-order valence-corrected chi connectivity index (χ4v) is 4.40. The quantitative estimate of drug-likeness (QED) is 0.443. The SMILES string of the molecule is C=C1C(CC=C(C)C)=C(c2ccc(C)cc2)Cc2cc(C)c(/C=C/C(C)C)c(C)c21. The summed E-state index contributed by atoms with van der Waals surface area (Å²) in [5.74, 6) is 0.546. The highest BCUT2D eigenvalue weighted by Gasteiger charge is 2.25. The Bertz CT molecular complexity index is 1050. The zero-order valence-corrected chi connectivity index (χ0v) is 19.8. The Hall–Kier alpha value is -2.60. The summed E-state index contributed by atoms with van der Waals surface area (Å²) in [5, 5.41) is 0. The van der Waals surface area contributed by atoms with Crippen LogP contribution in [0.3, 0.4) is 0 Å². The maximum Gasteiger partial charge on any atom is -0.00104 e. The first kappa shape index (κ1) is 22.1. The van der Waals surface area contributed by atoms with Crippen LogP contribution in [-0.4, -0.2) is 0 Å². The molecule has 1 aliphatic carbocycles. The van der Waals surface area contributed by atoms with Crippen molar-refractivity contribution in [1.29, 1.82) is 0 Å². The Balaban J connectivity index is 2.18. The van der Waals surface area contributed by atoms with Gasteiger partial charge in [0, 0.05) is 0 Å². The van der Waals surface area contributed by atoms with Crippen LogP contribution in [0.25, 0.3) is 17.2 Å². The first-order valence-corrected chi connectivity index (χ1v) is 11.1. The molecule has 0 fully saturated rings. The van der Waals surface area contributed by atoms with Gasteiger partial charge in [0.1, 0.15) is 0 Å². The van der Waals surface area contributed by atoms with E-state index in [1.807, 2.05) is 0 Å². The first-order chi connectivity index (χ1) is 14.2. The summed E-state index contributed by atoms with van der Waals surface area (Å²) >= 11 is 0. The minimum absolute atomic E-state index is 0.546. The smallest absolute Gasteiger partial charge is 0.00104 e. The number of hydrogen-bond donors (Lipinski definition) is 0. The van der Waals surface area contributed by atoms with Crippen LogP contribution in [-0.2, 0) is 6.42 Å². The van der Waals surface area contributed by atoms with Gasteiger partial charge in [-0.3, -0.25) is 0 Å². The fourth-order valence-electron chi connectivity index (χ4n) is 4.40. The second-order valence-electron chi connectivity index (χ2n) is 9.33. The van der Waals surface area contributed by atoms with Crippen molar-refractivity contribution in [3.05, 3.63) is 99.2 Å². The third-order valence-electron chi connectivity index (χ3n) is 6.08. The minimum atomic E-state index is 0.546. The van der Waals surface area contributed by atoms with Gasteiger partial charge in [-0.2, -0.15) is 0 Å². The van der Waals surface area contributed by atoms with E-state index in [4.69, 9.17) is 0 Å². The van der Waals surface area contributed by atoms with Crippen molar-refractivity contribution >= 4 is 17.2 Å². The van der Waals surface area contributed by atoms with Crippen LogP contribution in [0.5, 0.6) is 0 Å². The van der Waals surface area contributed by atoms with Crippen molar-refractivity contribution < 1.29 is 0 Å². The van der Waals surface area contributed by atoms with E-state index in [2.05, 4.69) is 104 Å². The van der Waals surface area contributed by atoms with Gasteiger partial charge in [-0.25, -0.2) is 0 Å². The highest BCUT2D eigenvalue weighted by Crippen LogP contribution is 2.43. The third-order valence-corrected chi connectivity index (χ3v) is 6.08. The molecule has 0 aromatic heterocycles. The minimum Gasteiger partial charge on any atom is -0.0908 e. The van der Waals surface area contributed by atoms with Crippen molar-refractivity contribution in [1.82, 2.24) is 0 Å². The van der Waals surface area contributed by atoms with E-state index in [0.29, 0.717) is 5.92 Å². The van der Waals surface area contributed by atoms with Crippen molar-refractivity contribution in [2.75, 3.05) is 0 Å². The van der Waals surface area contributed by atoms with Crippen LogP contribution >= 0.6 is 0 Å². The molecule has 0 saturated heterocycles. The maximum absolute atomic E-state index is 4.62. The molecule has 3 rings (SSSR count). The molecule has 0 atom stereocenters. The molecule has 0 bridgehead atoms. The Morgan fingerprint density at radius 1 is 1.07 bits per heavy atom. The van der Waals surface area contributed by atoms with Gasteiger partial charge in [0.2, 0.25) is 0 Å². The molecule has 0 spiro atoms. The topological polar surface area (TPSA) is 0 Å². The number of hydrogen-bond acceptors (Lipinski definition) is 0. The van der Waals surface area contributed by atoms with Gasteiger partial charge in [0.15, 0.2) is 0 Å². The van der Waals surface area contributed by atoms with Gasteiger partial charge < -0.3 is 0 Å². The summed E-state index contributed by atoms with van der Waals surface area (Å²) in [7, 11) is 0. The lowest BCUT2D eigenvalue weighted by molar-refractivity contribution is 0.836. The van der Waals surface area contributed by atoms with Gasteiger partial charge in [-0.15, -0.1) is 0 Å². The standard InChI is InChI=1S/C30H36/c1-19(2)9-15-27-22(6)17-26-18-29(25-13-11-21(5)12-14-25)28(16-10-20(3)4)24(8)30(26)23(27)7/h9-15,17,19H,8,16,18H2,1-7H3/b15-9+. The van der Waals surface area contributed by atoms with E-state index in [1.54, 1.807) is 0 Å². The molecule has 0 amide bonds. The van der Waals surface area contributed by atoms with Crippen LogP contribution in [0.1, 0.15) is 73.1 Å². The molecule has 0 nitrogen and oxygen atoms in total. The van der Waals surface area contributed by atoms with Crippen molar-refractivity contribution in [2.45, 2.75) is 61.3 Å². The molecule has 0 N–H and O–H groups in total. The number of allylic oxidation sites excluding steroid dienone is 6. The summed E-state index contributed by atoms with van der Waals surface area (Å²) in [6.07, 6.45) is 8.85. The van der Waals surface area contributed by atoms with Crippen LogP contribution < -0.4 is 0 Å². The van der Waals surface area contributed by atoms with E-state index in [1.165, 1.54) is 61.2 Å². The molecule has 0 unspecified atom stereocenters. The van der Waals surface area contributed by atoms with Gasteiger partial charge in [0.25, 0.3) is 0 Å². The molecule has 0 saturated carbocycles. The zero-order chi connectivity index (χ0) is 22.0. The lowest BCUT2D eigenvalue weighted by atomic mass is 9.75.